The summed E-state index contributed by atoms with van der Waals surface area (Å²) < 4.78 is 0.382. The molecule has 1 fully saturated rings. The molecule has 3 rings (SSSR count). The highest BCUT2D eigenvalue weighted by molar-refractivity contribution is 8.00. The number of nitrogens with zero attached hydrogens (tertiary/aromatic N) is 2. The molecule has 0 aliphatic heterocycles. The second kappa shape index (κ2) is 5.70. The van der Waals surface area contributed by atoms with Crippen LogP contribution in [0.5, 0.6) is 0 Å². The zero-order valence-electron chi connectivity index (χ0n) is 11.7. The van der Waals surface area contributed by atoms with Crippen LogP contribution in [0, 0.1) is 0 Å². The molecule has 108 valence electrons. The van der Waals surface area contributed by atoms with Crippen molar-refractivity contribution in [3.05, 3.63) is 16.2 Å². The molecule has 2 aromatic rings. The Morgan fingerprint density at radius 2 is 2.25 bits per heavy atom. The van der Waals surface area contributed by atoms with E-state index in [0.29, 0.717) is 10.0 Å². The third kappa shape index (κ3) is 2.63. The molecule has 0 radical (unpaired) electrons. The van der Waals surface area contributed by atoms with E-state index in [4.69, 9.17) is 11.6 Å². The van der Waals surface area contributed by atoms with Gasteiger partial charge in [-0.05, 0) is 43.2 Å². The highest BCUT2D eigenvalue weighted by atomic mass is 35.5. The lowest BCUT2D eigenvalue weighted by Gasteiger charge is -2.40. The van der Waals surface area contributed by atoms with Crippen molar-refractivity contribution in [2.75, 3.05) is 18.1 Å². The predicted molar refractivity (Wildman–Crippen MR) is 90.4 cm³/mol. The maximum Gasteiger partial charge on any atom is 0.225 e. The summed E-state index contributed by atoms with van der Waals surface area (Å²) in [5.74, 6) is 0.885. The number of thioether (sulfide) groups is 1. The molecule has 0 atom stereocenters. The summed E-state index contributed by atoms with van der Waals surface area (Å²) in [4.78, 5) is 11.0. The minimum absolute atomic E-state index is 0.330. The Morgan fingerprint density at radius 3 is 2.85 bits per heavy atom. The maximum atomic E-state index is 6.05. The first-order chi connectivity index (χ1) is 9.65. The van der Waals surface area contributed by atoms with Crippen LogP contribution < -0.4 is 5.32 Å². The zero-order valence-corrected chi connectivity index (χ0v) is 14.1. The van der Waals surface area contributed by atoms with Crippen molar-refractivity contribution >= 4 is 50.7 Å². The van der Waals surface area contributed by atoms with Crippen molar-refractivity contribution in [3.63, 3.8) is 0 Å². The van der Waals surface area contributed by atoms with E-state index >= 15 is 0 Å². The van der Waals surface area contributed by atoms with E-state index in [2.05, 4.69) is 34.5 Å². The molecule has 1 saturated carbocycles. The van der Waals surface area contributed by atoms with Gasteiger partial charge in [0.15, 0.2) is 0 Å². The highest BCUT2D eigenvalue weighted by Crippen LogP contribution is 2.43. The molecular formula is C14H18ClN3S2. The minimum atomic E-state index is 0.330. The molecule has 1 aliphatic rings. The third-order valence-corrected chi connectivity index (χ3v) is 6.80. The highest BCUT2D eigenvalue weighted by Gasteiger charge is 2.36. The van der Waals surface area contributed by atoms with Crippen LogP contribution >= 0.6 is 34.7 Å². The molecule has 0 aromatic carbocycles. The van der Waals surface area contributed by atoms with Gasteiger partial charge in [-0.3, -0.25) is 0 Å². The number of rotatable bonds is 5. The number of fused-ring (bicyclic) bond motifs is 1. The van der Waals surface area contributed by atoms with E-state index in [9.17, 15) is 0 Å². The number of hydrogen-bond donors (Lipinski definition) is 1. The molecule has 0 bridgehead atoms. The van der Waals surface area contributed by atoms with Gasteiger partial charge < -0.3 is 5.32 Å². The van der Waals surface area contributed by atoms with Crippen molar-refractivity contribution in [1.29, 1.82) is 0 Å². The van der Waals surface area contributed by atoms with Gasteiger partial charge in [-0.2, -0.15) is 11.8 Å². The van der Waals surface area contributed by atoms with E-state index in [1.54, 1.807) is 11.3 Å². The lowest BCUT2D eigenvalue weighted by Crippen LogP contribution is -2.40. The summed E-state index contributed by atoms with van der Waals surface area (Å²) in [6, 6.07) is 2.19. The van der Waals surface area contributed by atoms with Crippen LogP contribution in [-0.4, -0.2) is 27.5 Å². The van der Waals surface area contributed by atoms with Gasteiger partial charge in [0.05, 0.1) is 5.39 Å². The average molecular weight is 328 g/mol. The van der Waals surface area contributed by atoms with Crippen LogP contribution in [0.2, 0.25) is 5.28 Å². The largest absolute Gasteiger partial charge is 0.368 e. The Labute approximate surface area is 132 Å². The summed E-state index contributed by atoms with van der Waals surface area (Å²) in [5.41, 5.74) is 0. The van der Waals surface area contributed by atoms with Gasteiger partial charge in [0.25, 0.3) is 0 Å². The topological polar surface area (TPSA) is 37.8 Å². The Hall–Kier alpha value is -0.520. The molecule has 2 heterocycles. The van der Waals surface area contributed by atoms with Crippen LogP contribution in [0.4, 0.5) is 5.82 Å². The minimum Gasteiger partial charge on any atom is -0.368 e. The number of thiophene rings is 1. The first-order valence-electron chi connectivity index (χ1n) is 6.91. The van der Waals surface area contributed by atoms with E-state index in [1.165, 1.54) is 24.1 Å². The fourth-order valence-electron chi connectivity index (χ4n) is 2.52. The second-order valence-electron chi connectivity index (χ2n) is 5.22. The first kappa shape index (κ1) is 14.4. The monoisotopic (exact) mass is 327 g/mol. The molecule has 1 aliphatic carbocycles. The molecule has 0 unspecified atom stereocenters. The van der Waals surface area contributed by atoms with Gasteiger partial charge in [0, 0.05) is 16.2 Å². The number of aromatic nitrogens is 2. The standard InChI is InChI=1S/C14H18ClN3S2/c1-3-9-7-10-11(17-13(15)18-12(10)20-9)16-8-14(19-2)5-4-6-14/h7H,3-6,8H2,1-2H3,(H,16,17,18). The number of aryl methyl sites for hydroxylation is 1. The van der Waals surface area contributed by atoms with Crippen molar-refractivity contribution in [2.24, 2.45) is 0 Å². The average Bonchev–Trinajstić information content (AvgIpc) is 2.80. The van der Waals surface area contributed by atoms with Gasteiger partial charge in [-0.1, -0.05) is 13.3 Å². The zero-order chi connectivity index (χ0) is 14.2. The smallest absolute Gasteiger partial charge is 0.225 e. The quantitative estimate of drug-likeness (QED) is 0.814. The molecular weight excluding hydrogens is 310 g/mol. The van der Waals surface area contributed by atoms with Crippen molar-refractivity contribution in [3.8, 4) is 0 Å². The number of halogens is 1. The third-order valence-electron chi connectivity index (χ3n) is 4.04. The summed E-state index contributed by atoms with van der Waals surface area (Å²) in [7, 11) is 0. The fraction of sp³-hybridized carbons (Fsp3) is 0.571. The van der Waals surface area contributed by atoms with E-state index < -0.39 is 0 Å². The SMILES string of the molecule is CCc1cc2c(NCC3(SC)CCC3)nc(Cl)nc2s1. The van der Waals surface area contributed by atoms with E-state index in [-0.39, 0.29) is 0 Å². The van der Waals surface area contributed by atoms with Gasteiger partial charge in [-0.15, -0.1) is 11.3 Å². The predicted octanol–water partition coefficient (Wildman–Crippen LogP) is 4.60. The number of nitrogens with one attached hydrogen (secondary N) is 1. The van der Waals surface area contributed by atoms with Gasteiger partial charge >= 0.3 is 0 Å². The van der Waals surface area contributed by atoms with Gasteiger partial charge in [0.1, 0.15) is 10.6 Å². The van der Waals surface area contributed by atoms with Crippen molar-refractivity contribution in [2.45, 2.75) is 37.4 Å². The summed E-state index contributed by atoms with van der Waals surface area (Å²) in [5, 5.41) is 4.94. The van der Waals surface area contributed by atoms with Crippen LogP contribution in [0.25, 0.3) is 10.2 Å². The summed E-state index contributed by atoms with van der Waals surface area (Å²) >= 11 is 9.71. The molecule has 3 nitrogen and oxygen atoms in total. The number of hydrogen-bond acceptors (Lipinski definition) is 5. The van der Waals surface area contributed by atoms with Gasteiger partial charge in [0.2, 0.25) is 5.28 Å². The van der Waals surface area contributed by atoms with Crippen LogP contribution in [-0.2, 0) is 6.42 Å². The van der Waals surface area contributed by atoms with E-state index in [0.717, 1.165) is 29.0 Å². The molecule has 6 heteroatoms. The Kier molecular flexibility index (Phi) is 4.11. The van der Waals surface area contributed by atoms with Crippen LogP contribution in [0.3, 0.4) is 0 Å². The van der Waals surface area contributed by atoms with Crippen molar-refractivity contribution in [1.82, 2.24) is 9.97 Å². The molecule has 1 N–H and O–H groups in total. The maximum absolute atomic E-state index is 6.05. The second-order valence-corrected chi connectivity index (χ2v) is 7.95. The Bertz CT molecular complexity index is 617. The van der Waals surface area contributed by atoms with E-state index in [1.807, 2.05) is 11.8 Å². The first-order valence-corrected chi connectivity index (χ1v) is 9.33. The van der Waals surface area contributed by atoms with Crippen LogP contribution in [0.15, 0.2) is 6.07 Å². The summed E-state index contributed by atoms with van der Waals surface area (Å²) in [6.07, 6.45) is 7.12. The molecule has 0 saturated heterocycles. The lowest BCUT2D eigenvalue weighted by molar-refractivity contribution is 0.379. The normalized spacial score (nSPS) is 17.1. The Morgan fingerprint density at radius 1 is 1.45 bits per heavy atom. The molecule has 2 aromatic heterocycles. The molecule has 0 spiro atoms. The Balaban J connectivity index is 1.88. The number of anilines is 1. The molecule has 20 heavy (non-hydrogen) atoms. The summed E-state index contributed by atoms with van der Waals surface area (Å²) in [6.45, 7) is 3.11. The van der Waals surface area contributed by atoms with Crippen molar-refractivity contribution < 1.29 is 0 Å². The molecule has 0 amide bonds. The van der Waals surface area contributed by atoms with Crippen LogP contribution in [0.1, 0.15) is 31.1 Å². The fourth-order valence-corrected chi connectivity index (χ4v) is 4.62. The van der Waals surface area contributed by atoms with Gasteiger partial charge in [-0.25, -0.2) is 9.97 Å². The lowest BCUT2D eigenvalue weighted by atomic mass is 9.84.